The molecule has 1 aromatic rings. The highest BCUT2D eigenvalue weighted by molar-refractivity contribution is 5.90. The molecule has 6 heteroatoms. The Morgan fingerprint density at radius 2 is 1.95 bits per heavy atom. The summed E-state index contributed by atoms with van der Waals surface area (Å²) in [4.78, 5) is 22.8. The lowest BCUT2D eigenvalue weighted by atomic mass is 9.85. The minimum absolute atomic E-state index is 0.0954. The number of urea groups is 1. The highest BCUT2D eigenvalue weighted by Crippen LogP contribution is 2.23. The second-order valence-corrected chi connectivity index (χ2v) is 6.05. The number of nitrogens with one attached hydrogen (secondary N) is 2. The van der Waals surface area contributed by atoms with E-state index in [9.17, 15) is 14.0 Å². The van der Waals surface area contributed by atoms with Gasteiger partial charge in [0.2, 0.25) is 0 Å². The van der Waals surface area contributed by atoms with Crippen LogP contribution < -0.4 is 10.6 Å². The number of aliphatic carboxylic acids is 1. The number of hydrogen-bond donors (Lipinski definition) is 3. The average Bonchev–Trinajstić information content (AvgIpc) is 2.31. The van der Waals surface area contributed by atoms with E-state index in [1.807, 2.05) is 20.8 Å². The normalized spacial score (nSPS) is 12.6. The number of carbonyl (C=O) groups excluding carboxylic acids is 1. The Kier molecular flexibility index (Phi) is 5.29. The van der Waals surface area contributed by atoms with E-state index in [0.29, 0.717) is 5.56 Å². The summed E-state index contributed by atoms with van der Waals surface area (Å²) in [7, 11) is 0. The summed E-state index contributed by atoms with van der Waals surface area (Å²) in [6.07, 6.45) is -0.201. The fraction of sp³-hybridized carbons (Fsp3) is 0.467. The van der Waals surface area contributed by atoms with Gasteiger partial charge < -0.3 is 15.7 Å². The van der Waals surface area contributed by atoms with Crippen LogP contribution in [0.3, 0.4) is 0 Å². The molecule has 2 amide bonds. The molecule has 0 radical (unpaired) electrons. The number of hydrogen-bond acceptors (Lipinski definition) is 2. The Bertz CT molecular complexity index is 518. The molecule has 116 valence electrons. The zero-order valence-electron chi connectivity index (χ0n) is 12.7. The van der Waals surface area contributed by atoms with Gasteiger partial charge in [-0.2, -0.15) is 0 Å². The van der Waals surface area contributed by atoms with Gasteiger partial charge in [-0.3, -0.25) is 4.79 Å². The van der Waals surface area contributed by atoms with Gasteiger partial charge in [-0.1, -0.05) is 32.9 Å². The van der Waals surface area contributed by atoms with Crippen molar-refractivity contribution in [1.29, 1.82) is 0 Å². The van der Waals surface area contributed by atoms with Crippen molar-refractivity contribution in [3.8, 4) is 0 Å². The maximum atomic E-state index is 13.7. The Hall–Kier alpha value is -2.11. The molecule has 0 saturated carbocycles. The first-order chi connectivity index (χ1) is 9.61. The molecule has 0 aliphatic rings. The van der Waals surface area contributed by atoms with E-state index >= 15 is 0 Å². The minimum atomic E-state index is -1.00. The van der Waals surface area contributed by atoms with Crippen LogP contribution in [0.4, 0.5) is 14.9 Å². The molecule has 1 rings (SSSR count). The van der Waals surface area contributed by atoms with Crippen LogP contribution in [-0.2, 0) is 4.79 Å². The van der Waals surface area contributed by atoms with E-state index < -0.39 is 29.3 Å². The lowest BCUT2D eigenvalue weighted by molar-refractivity contribution is -0.138. The Labute approximate surface area is 123 Å². The van der Waals surface area contributed by atoms with Crippen LogP contribution in [0.25, 0.3) is 0 Å². The molecule has 0 aliphatic carbocycles. The molecule has 3 N–H and O–H groups in total. The molecule has 0 heterocycles. The monoisotopic (exact) mass is 296 g/mol. The molecule has 0 saturated heterocycles. The molecule has 1 unspecified atom stereocenters. The number of amides is 2. The lowest BCUT2D eigenvalue weighted by Gasteiger charge is -2.30. The van der Waals surface area contributed by atoms with Gasteiger partial charge >= 0.3 is 12.0 Å². The second-order valence-electron chi connectivity index (χ2n) is 6.05. The van der Waals surface area contributed by atoms with E-state index in [-0.39, 0.29) is 12.1 Å². The molecular formula is C15H21FN2O3. The fourth-order valence-corrected chi connectivity index (χ4v) is 1.85. The number of carboxylic acids is 1. The van der Waals surface area contributed by atoms with Crippen molar-refractivity contribution in [2.45, 2.75) is 40.2 Å². The summed E-state index contributed by atoms with van der Waals surface area (Å²) in [5.41, 5.74) is 0.258. The Morgan fingerprint density at radius 3 is 2.43 bits per heavy atom. The van der Waals surface area contributed by atoms with Crippen LogP contribution in [0.5, 0.6) is 0 Å². The van der Waals surface area contributed by atoms with Crippen molar-refractivity contribution in [1.82, 2.24) is 5.32 Å². The zero-order chi connectivity index (χ0) is 16.2. The van der Waals surface area contributed by atoms with Crippen LogP contribution in [0.1, 0.15) is 32.8 Å². The Balaban J connectivity index is 2.81. The summed E-state index contributed by atoms with van der Waals surface area (Å²) < 4.78 is 13.7. The standard InChI is InChI=1S/C15H21FN2O3/c1-9-6-5-7-10(16)13(9)18-14(21)17-11(8-12(19)20)15(2,3)4/h5-7,11H,8H2,1-4H3,(H,19,20)(H2,17,18,21). The molecule has 0 fully saturated rings. The number of benzene rings is 1. The van der Waals surface area contributed by atoms with Gasteiger partial charge in [-0.25, -0.2) is 9.18 Å². The predicted molar refractivity (Wildman–Crippen MR) is 78.8 cm³/mol. The summed E-state index contributed by atoms with van der Waals surface area (Å²) >= 11 is 0. The van der Waals surface area contributed by atoms with Crippen LogP contribution in [0.15, 0.2) is 18.2 Å². The van der Waals surface area contributed by atoms with E-state index in [1.54, 1.807) is 19.1 Å². The van der Waals surface area contributed by atoms with Crippen molar-refractivity contribution in [2.24, 2.45) is 5.41 Å². The van der Waals surface area contributed by atoms with Crippen molar-refractivity contribution < 1.29 is 19.1 Å². The molecule has 0 bridgehead atoms. The van der Waals surface area contributed by atoms with E-state index in [4.69, 9.17) is 5.11 Å². The van der Waals surface area contributed by atoms with E-state index in [0.717, 1.165) is 0 Å². The summed E-state index contributed by atoms with van der Waals surface area (Å²) in [6, 6.07) is 3.29. The number of carbonyl (C=O) groups is 2. The number of anilines is 1. The van der Waals surface area contributed by atoms with Gasteiger partial charge in [0.15, 0.2) is 0 Å². The first kappa shape index (κ1) is 16.9. The maximum absolute atomic E-state index is 13.7. The molecule has 1 aromatic carbocycles. The number of rotatable bonds is 4. The summed E-state index contributed by atoms with van der Waals surface area (Å²) in [5, 5.41) is 13.9. The van der Waals surface area contributed by atoms with Crippen LogP contribution in [0, 0.1) is 18.2 Å². The molecule has 0 aliphatic heterocycles. The van der Waals surface area contributed by atoms with Crippen LogP contribution in [-0.4, -0.2) is 23.1 Å². The van der Waals surface area contributed by atoms with Gasteiger partial charge in [0.25, 0.3) is 0 Å². The number of para-hydroxylation sites is 1. The van der Waals surface area contributed by atoms with Crippen molar-refractivity contribution in [3.63, 3.8) is 0 Å². The van der Waals surface area contributed by atoms with E-state index in [1.165, 1.54) is 6.07 Å². The third-order valence-corrected chi connectivity index (χ3v) is 3.19. The van der Waals surface area contributed by atoms with Gasteiger partial charge in [0, 0.05) is 6.04 Å². The smallest absolute Gasteiger partial charge is 0.319 e. The third-order valence-electron chi connectivity index (χ3n) is 3.19. The lowest BCUT2D eigenvalue weighted by Crippen LogP contribution is -2.46. The number of aryl methyl sites for hydroxylation is 1. The molecular weight excluding hydrogens is 275 g/mol. The zero-order valence-corrected chi connectivity index (χ0v) is 12.7. The fourth-order valence-electron chi connectivity index (χ4n) is 1.85. The quantitative estimate of drug-likeness (QED) is 0.798. The predicted octanol–water partition coefficient (Wildman–Crippen LogP) is 3.15. The topological polar surface area (TPSA) is 78.4 Å². The van der Waals surface area contributed by atoms with Gasteiger partial charge in [0.1, 0.15) is 5.82 Å². The highest BCUT2D eigenvalue weighted by atomic mass is 19.1. The molecule has 5 nitrogen and oxygen atoms in total. The molecule has 1 atom stereocenters. The van der Waals surface area contributed by atoms with Crippen molar-refractivity contribution >= 4 is 17.7 Å². The second kappa shape index (κ2) is 6.56. The Morgan fingerprint density at radius 1 is 1.33 bits per heavy atom. The maximum Gasteiger partial charge on any atom is 0.319 e. The molecule has 0 aromatic heterocycles. The van der Waals surface area contributed by atoms with E-state index in [2.05, 4.69) is 10.6 Å². The first-order valence-corrected chi connectivity index (χ1v) is 6.65. The first-order valence-electron chi connectivity index (χ1n) is 6.65. The van der Waals surface area contributed by atoms with Crippen molar-refractivity contribution in [3.05, 3.63) is 29.6 Å². The number of halogens is 1. The SMILES string of the molecule is Cc1cccc(F)c1NC(=O)NC(CC(=O)O)C(C)(C)C. The van der Waals surface area contributed by atoms with Crippen LogP contribution >= 0.6 is 0 Å². The van der Waals surface area contributed by atoms with Gasteiger partial charge in [0.05, 0.1) is 12.1 Å². The van der Waals surface area contributed by atoms with Gasteiger partial charge in [-0.15, -0.1) is 0 Å². The number of carboxylic acid groups (broad SMARTS) is 1. The third kappa shape index (κ3) is 5.06. The molecule has 0 spiro atoms. The van der Waals surface area contributed by atoms with Gasteiger partial charge in [-0.05, 0) is 24.0 Å². The largest absolute Gasteiger partial charge is 0.481 e. The molecule has 21 heavy (non-hydrogen) atoms. The van der Waals surface area contributed by atoms with Crippen LogP contribution in [0.2, 0.25) is 0 Å². The summed E-state index contributed by atoms with van der Waals surface area (Å²) in [5.74, 6) is -1.53. The summed E-state index contributed by atoms with van der Waals surface area (Å²) in [6.45, 7) is 7.16. The average molecular weight is 296 g/mol. The highest BCUT2D eigenvalue weighted by Gasteiger charge is 2.28. The van der Waals surface area contributed by atoms with Crippen molar-refractivity contribution in [2.75, 3.05) is 5.32 Å². The minimum Gasteiger partial charge on any atom is -0.481 e.